The van der Waals surface area contributed by atoms with Crippen molar-refractivity contribution >= 4 is 34.3 Å². The maximum Gasteiger partial charge on any atom is 0.337 e. The van der Waals surface area contributed by atoms with E-state index in [1.807, 2.05) is 18.4 Å². The number of carbonyl (C=O) groups is 1. The number of aromatic carboxylic acids is 1. The Morgan fingerprint density at radius 2 is 2.05 bits per heavy atom. The van der Waals surface area contributed by atoms with E-state index in [4.69, 9.17) is 0 Å². The van der Waals surface area contributed by atoms with Gasteiger partial charge in [0.2, 0.25) is 0 Å². The zero-order valence-electron chi connectivity index (χ0n) is 12.0. The molecule has 0 aliphatic carbocycles. The van der Waals surface area contributed by atoms with Gasteiger partial charge in [0.15, 0.2) is 0 Å². The number of anilines is 1. The molecule has 0 saturated heterocycles. The summed E-state index contributed by atoms with van der Waals surface area (Å²) in [5, 5.41) is 23.9. The number of aromatic nitrogens is 1. The maximum atomic E-state index is 11.2. The first-order chi connectivity index (χ1) is 9.94. The molecule has 21 heavy (non-hydrogen) atoms. The predicted octanol–water partition coefficient (Wildman–Crippen LogP) is 2.46. The molecule has 0 bridgehead atoms. The first kappa shape index (κ1) is 15.6. The van der Waals surface area contributed by atoms with Gasteiger partial charge in [-0.15, -0.1) is 0 Å². The Morgan fingerprint density at radius 3 is 2.67 bits per heavy atom. The van der Waals surface area contributed by atoms with Crippen LogP contribution in [0.1, 0.15) is 17.3 Å². The molecule has 1 heterocycles. The number of nitrogens with zero attached hydrogens (tertiary/aromatic N) is 1. The number of pyridine rings is 1. The summed E-state index contributed by atoms with van der Waals surface area (Å²) in [6.45, 7) is 2.10. The second-order valence-corrected chi connectivity index (χ2v) is 6.02. The summed E-state index contributed by atoms with van der Waals surface area (Å²) < 4.78 is 0. The zero-order chi connectivity index (χ0) is 15.5. The highest BCUT2D eigenvalue weighted by atomic mass is 32.2. The molecule has 1 aromatic carbocycles. The maximum absolute atomic E-state index is 11.2. The Bertz CT molecular complexity index is 658. The van der Waals surface area contributed by atoms with Gasteiger partial charge in [-0.25, -0.2) is 9.78 Å². The van der Waals surface area contributed by atoms with E-state index in [1.54, 1.807) is 30.8 Å². The van der Waals surface area contributed by atoms with Crippen LogP contribution >= 0.6 is 11.8 Å². The molecule has 2 rings (SSSR count). The Balaban J connectivity index is 2.34. The first-order valence-electron chi connectivity index (χ1n) is 6.51. The molecule has 1 atom stereocenters. The molecule has 6 heteroatoms. The van der Waals surface area contributed by atoms with Crippen LogP contribution in [0.3, 0.4) is 0 Å². The van der Waals surface area contributed by atoms with Gasteiger partial charge in [0.25, 0.3) is 0 Å². The second kappa shape index (κ2) is 6.32. The molecule has 2 aromatic rings. The molecule has 112 valence electrons. The second-order valence-electron chi connectivity index (χ2n) is 5.15. The molecule has 0 amide bonds. The minimum atomic E-state index is -1.00. The number of thioether (sulfide) groups is 1. The topological polar surface area (TPSA) is 82.5 Å². The van der Waals surface area contributed by atoms with Crippen molar-refractivity contribution in [1.82, 2.24) is 4.98 Å². The number of carboxylic acid groups (broad SMARTS) is 1. The molecule has 0 aliphatic heterocycles. The van der Waals surface area contributed by atoms with E-state index < -0.39 is 11.6 Å². The Labute approximate surface area is 127 Å². The van der Waals surface area contributed by atoms with Crippen LogP contribution in [0.25, 0.3) is 10.8 Å². The van der Waals surface area contributed by atoms with Gasteiger partial charge in [-0.05, 0) is 13.2 Å². The molecular weight excluding hydrogens is 288 g/mol. The van der Waals surface area contributed by atoms with Crippen LogP contribution < -0.4 is 5.32 Å². The minimum Gasteiger partial charge on any atom is -0.478 e. The van der Waals surface area contributed by atoms with Crippen LogP contribution in [-0.4, -0.2) is 45.3 Å². The third-order valence-electron chi connectivity index (χ3n) is 3.12. The highest BCUT2D eigenvalue weighted by molar-refractivity contribution is 7.98. The van der Waals surface area contributed by atoms with E-state index in [2.05, 4.69) is 10.3 Å². The van der Waals surface area contributed by atoms with Crippen molar-refractivity contribution in [3.8, 4) is 0 Å². The molecule has 0 saturated carbocycles. The number of carboxylic acids is 1. The van der Waals surface area contributed by atoms with Crippen molar-refractivity contribution in [1.29, 1.82) is 0 Å². The lowest BCUT2D eigenvalue weighted by molar-refractivity contribution is 0.0698. The smallest absolute Gasteiger partial charge is 0.337 e. The third-order valence-corrected chi connectivity index (χ3v) is 4.03. The number of benzene rings is 1. The molecule has 5 nitrogen and oxygen atoms in total. The molecule has 1 aromatic heterocycles. The fourth-order valence-electron chi connectivity index (χ4n) is 2.14. The van der Waals surface area contributed by atoms with E-state index in [0.717, 1.165) is 5.39 Å². The summed E-state index contributed by atoms with van der Waals surface area (Å²) >= 11 is 1.57. The van der Waals surface area contributed by atoms with Crippen molar-refractivity contribution in [2.45, 2.75) is 12.5 Å². The summed E-state index contributed by atoms with van der Waals surface area (Å²) in [4.78, 5) is 15.4. The van der Waals surface area contributed by atoms with Gasteiger partial charge in [-0.1, -0.05) is 24.3 Å². The van der Waals surface area contributed by atoms with E-state index >= 15 is 0 Å². The zero-order valence-corrected chi connectivity index (χ0v) is 12.8. The van der Waals surface area contributed by atoms with E-state index in [0.29, 0.717) is 23.5 Å². The summed E-state index contributed by atoms with van der Waals surface area (Å²) in [7, 11) is 0. The predicted molar refractivity (Wildman–Crippen MR) is 86.2 cm³/mol. The largest absolute Gasteiger partial charge is 0.478 e. The monoisotopic (exact) mass is 306 g/mol. The number of fused-ring (bicyclic) bond motifs is 1. The Kier molecular flexibility index (Phi) is 4.69. The molecule has 1 unspecified atom stereocenters. The number of aliphatic hydroxyl groups is 1. The number of rotatable bonds is 6. The van der Waals surface area contributed by atoms with E-state index in [9.17, 15) is 15.0 Å². The molecule has 0 radical (unpaired) electrons. The van der Waals surface area contributed by atoms with Crippen LogP contribution in [0, 0.1) is 0 Å². The molecule has 0 aliphatic rings. The van der Waals surface area contributed by atoms with E-state index in [-0.39, 0.29) is 5.56 Å². The summed E-state index contributed by atoms with van der Waals surface area (Å²) in [6, 6.07) is 7.20. The van der Waals surface area contributed by atoms with Gasteiger partial charge in [0.05, 0.1) is 11.2 Å². The number of hydrogen-bond acceptors (Lipinski definition) is 5. The summed E-state index contributed by atoms with van der Waals surface area (Å²) in [5.41, 5.74) is -0.680. The molecule has 3 N–H and O–H groups in total. The van der Waals surface area contributed by atoms with Gasteiger partial charge in [0.1, 0.15) is 5.82 Å². The summed E-state index contributed by atoms with van der Waals surface area (Å²) in [6.07, 6.45) is 3.28. The lowest BCUT2D eigenvalue weighted by Gasteiger charge is -2.23. The SMILES string of the molecule is CSCC(C)(O)CNc1ncc(C(=O)O)c2ccccc12. The highest BCUT2D eigenvalue weighted by Gasteiger charge is 2.20. The quantitative estimate of drug-likeness (QED) is 0.760. The third kappa shape index (κ3) is 3.65. The fraction of sp³-hybridized carbons (Fsp3) is 0.333. The number of nitrogens with one attached hydrogen (secondary N) is 1. The van der Waals surface area contributed by atoms with Crippen LogP contribution in [0.5, 0.6) is 0 Å². The minimum absolute atomic E-state index is 0.173. The first-order valence-corrected chi connectivity index (χ1v) is 7.90. The van der Waals surface area contributed by atoms with Crippen LogP contribution in [-0.2, 0) is 0 Å². The van der Waals surface area contributed by atoms with Crippen molar-refractivity contribution in [3.63, 3.8) is 0 Å². The Morgan fingerprint density at radius 1 is 1.38 bits per heavy atom. The van der Waals surface area contributed by atoms with Crippen molar-refractivity contribution in [2.24, 2.45) is 0 Å². The van der Waals surface area contributed by atoms with Gasteiger partial charge >= 0.3 is 5.97 Å². The van der Waals surface area contributed by atoms with Crippen LogP contribution in [0.4, 0.5) is 5.82 Å². The van der Waals surface area contributed by atoms with Crippen molar-refractivity contribution in [3.05, 3.63) is 36.0 Å². The average Bonchev–Trinajstić information content (AvgIpc) is 2.44. The lowest BCUT2D eigenvalue weighted by Crippen LogP contribution is -2.36. The van der Waals surface area contributed by atoms with Gasteiger partial charge in [-0.3, -0.25) is 0 Å². The standard InChI is InChI=1S/C15H18N2O3S/c1-15(20,9-21-2)8-17-13-11-6-4-3-5-10(11)12(7-16-13)14(18)19/h3-7,20H,8-9H2,1-2H3,(H,16,17)(H,18,19). The van der Waals surface area contributed by atoms with Gasteiger partial charge in [-0.2, -0.15) is 11.8 Å². The van der Waals surface area contributed by atoms with Gasteiger partial charge in [0, 0.05) is 29.3 Å². The molecule has 0 fully saturated rings. The fourth-order valence-corrected chi connectivity index (χ4v) is 2.86. The van der Waals surface area contributed by atoms with Crippen molar-refractivity contribution in [2.75, 3.05) is 23.9 Å². The van der Waals surface area contributed by atoms with Crippen LogP contribution in [0.2, 0.25) is 0 Å². The molecular formula is C15H18N2O3S. The Hall–Kier alpha value is -1.79. The average molecular weight is 306 g/mol. The lowest BCUT2D eigenvalue weighted by atomic mass is 10.1. The summed E-state index contributed by atoms with van der Waals surface area (Å²) in [5.74, 6) is 0.183. The normalized spacial score (nSPS) is 13.9. The molecule has 0 spiro atoms. The number of hydrogen-bond donors (Lipinski definition) is 3. The highest BCUT2D eigenvalue weighted by Crippen LogP contribution is 2.25. The van der Waals surface area contributed by atoms with Crippen LogP contribution in [0.15, 0.2) is 30.5 Å². The van der Waals surface area contributed by atoms with E-state index in [1.165, 1.54) is 6.20 Å². The van der Waals surface area contributed by atoms with Crippen molar-refractivity contribution < 1.29 is 15.0 Å². The van der Waals surface area contributed by atoms with Gasteiger partial charge < -0.3 is 15.5 Å².